The number of fused-ring (bicyclic) bond motifs is 1. The van der Waals surface area contributed by atoms with Gasteiger partial charge in [-0.15, -0.1) is 0 Å². The van der Waals surface area contributed by atoms with Gasteiger partial charge in [0.1, 0.15) is 5.82 Å². The SMILES string of the molecule is Cc1cc2nc(-c3cccc(N)c3)n(CCCC#N)c2cc1C. The summed E-state index contributed by atoms with van der Waals surface area (Å²) in [6.07, 6.45) is 1.35. The fourth-order valence-electron chi connectivity index (χ4n) is 2.82. The van der Waals surface area contributed by atoms with Crippen LogP contribution in [0, 0.1) is 25.2 Å². The van der Waals surface area contributed by atoms with Crippen LogP contribution in [0.4, 0.5) is 5.69 Å². The van der Waals surface area contributed by atoms with E-state index in [1.165, 1.54) is 11.1 Å². The molecule has 0 fully saturated rings. The van der Waals surface area contributed by atoms with Crippen LogP contribution in [0.2, 0.25) is 0 Å². The highest BCUT2D eigenvalue weighted by molar-refractivity contribution is 5.82. The number of nitriles is 1. The Labute approximate surface area is 136 Å². The molecule has 0 saturated heterocycles. The number of nitrogens with two attached hydrogens (primary N) is 1. The van der Waals surface area contributed by atoms with E-state index in [1.807, 2.05) is 24.3 Å². The molecule has 3 rings (SSSR count). The van der Waals surface area contributed by atoms with Crippen LogP contribution in [-0.4, -0.2) is 9.55 Å². The normalized spacial score (nSPS) is 10.8. The predicted octanol–water partition coefficient (Wildman–Crippen LogP) is 4.21. The maximum absolute atomic E-state index is 8.82. The molecule has 0 radical (unpaired) electrons. The van der Waals surface area contributed by atoms with Gasteiger partial charge in [-0.3, -0.25) is 0 Å². The fraction of sp³-hybridized carbons (Fsp3) is 0.263. The zero-order valence-electron chi connectivity index (χ0n) is 13.5. The van der Waals surface area contributed by atoms with Crippen molar-refractivity contribution in [2.45, 2.75) is 33.2 Å². The van der Waals surface area contributed by atoms with E-state index in [0.717, 1.165) is 41.1 Å². The van der Waals surface area contributed by atoms with Crippen LogP contribution < -0.4 is 5.73 Å². The molecular weight excluding hydrogens is 284 g/mol. The minimum Gasteiger partial charge on any atom is -0.399 e. The van der Waals surface area contributed by atoms with E-state index >= 15 is 0 Å². The van der Waals surface area contributed by atoms with Gasteiger partial charge in [-0.25, -0.2) is 4.98 Å². The standard InChI is InChI=1S/C19H20N4/c1-13-10-17-18(11-14(13)2)23(9-4-3-8-20)19(22-17)15-6-5-7-16(21)12-15/h5-7,10-12H,3-4,9,21H2,1-2H3. The van der Waals surface area contributed by atoms with E-state index in [0.29, 0.717) is 6.42 Å². The van der Waals surface area contributed by atoms with E-state index in [2.05, 4.69) is 36.6 Å². The first kappa shape index (κ1) is 15.1. The third kappa shape index (κ3) is 2.91. The van der Waals surface area contributed by atoms with E-state index in [4.69, 9.17) is 16.0 Å². The molecule has 4 heteroatoms. The Morgan fingerprint density at radius 3 is 2.70 bits per heavy atom. The Hall–Kier alpha value is -2.80. The topological polar surface area (TPSA) is 67.6 Å². The Morgan fingerprint density at radius 1 is 1.17 bits per heavy atom. The minimum atomic E-state index is 0.543. The van der Waals surface area contributed by atoms with Crippen LogP contribution in [0.25, 0.3) is 22.4 Å². The van der Waals surface area contributed by atoms with Crippen molar-refractivity contribution in [3.05, 3.63) is 47.5 Å². The van der Waals surface area contributed by atoms with Crippen molar-refractivity contribution < 1.29 is 0 Å². The van der Waals surface area contributed by atoms with Gasteiger partial charge in [0.2, 0.25) is 0 Å². The molecule has 0 bridgehead atoms. The highest BCUT2D eigenvalue weighted by Gasteiger charge is 2.13. The van der Waals surface area contributed by atoms with Crippen LogP contribution in [0.1, 0.15) is 24.0 Å². The van der Waals surface area contributed by atoms with E-state index < -0.39 is 0 Å². The molecule has 0 atom stereocenters. The Bertz CT molecular complexity index is 900. The predicted molar refractivity (Wildman–Crippen MR) is 93.9 cm³/mol. The average molecular weight is 304 g/mol. The maximum Gasteiger partial charge on any atom is 0.141 e. The van der Waals surface area contributed by atoms with Crippen molar-refractivity contribution in [3.63, 3.8) is 0 Å². The third-order valence-corrected chi connectivity index (χ3v) is 4.18. The second kappa shape index (κ2) is 6.13. The average Bonchev–Trinajstić information content (AvgIpc) is 2.86. The molecule has 23 heavy (non-hydrogen) atoms. The number of hydrogen-bond donors (Lipinski definition) is 1. The summed E-state index contributed by atoms with van der Waals surface area (Å²) >= 11 is 0. The van der Waals surface area contributed by atoms with Crippen LogP contribution in [0.15, 0.2) is 36.4 Å². The first-order valence-electron chi connectivity index (χ1n) is 7.80. The molecule has 0 amide bonds. The number of rotatable bonds is 4. The largest absolute Gasteiger partial charge is 0.399 e. The summed E-state index contributed by atoms with van der Waals surface area (Å²) < 4.78 is 2.20. The number of anilines is 1. The number of aryl methyl sites for hydroxylation is 3. The number of benzene rings is 2. The highest BCUT2D eigenvalue weighted by atomic mass is 15.1. The van der Waals surface area contributed by atoms with Gasteiger partial charge in [-0.1, -0.05) is 12.1 Å². The van der Waals surface area contributed by atoms with Gasteiger partial charge < -0.3 is 10.3 Å². The van der Waals surface area contributed by atoms with Gasteiger partial charge in [0.05, 0.1) is 17.1 Å². The van der Waals surface area contributed by atoms with Crippen LogP contribution >= 0.6 is 0 Å². The van der Waals surface area contributed by atoms with Gasteiger partial charge in [0.15, 0.2) is 0 Å². The molecule has 0 saturated carbocycles. The second-order valence-corrected chi connectivity index (χ2v) is 5.90. The number of imidazole rings is 1. The van der Waals surface area contributed by atoms with Gasteiger partial charge >= 0.3 is 0 Å². The molecule has 0 spiro atoms. The molecule has 116 valence electrons. The van der Waals surface area contributed by atoms with Crippen LogP contribution in [-0.2, 0) is 6.54 Å². The quantitative estimate of drug-likeness (QED) is 0.580. The zero-order valence-corrected chi connectivity index (χ0v) is 13.5. The van der Waals surface area contributed by atoms with E-state index in [1.54, 1.807) is 0 Å². The summed E-state index contributed by atoms with van der Waals surface area (Å²) in [4.78, 5) is 4.83. The number of nitrogens with zero attached hydrogens (tertiary/aromatic N) is 3. The molecule has 0 aliphatic rings. The van der Waals surface area contributed by atoms with Crippen molar-refractivity contribution in [2.24, 2.45) is 0 Å². The first-order valence-corrected chi connectivity index (χ1v) is 7.80. The first-order chi connectivity index (χ1) is 11.1. The summed E-state index contributed by atoms with van der Waals surface area (Å²) in [6.45, 7) is 4.99. The van der Waals surface area contributed by atoms with E-state index in [9.17, 15) is 0 Å². The molecule has 0 unspecified atom stereocenters. The maximum atomic E-state index is 8.82. The molecule has 4 nitrogen and oxygen atoms in total. The van der Waals surface area contributed by atoms with Gasteiger partial charge in [-0.05, 0) is 55.7 Å². The van der Waals surface area contributed by atoms with E-state index in [-0.39, 0.29) is 0 Å². The van der Waals surface area contributed by atoms with Crippen molar-refractivity contribution in [2.75, 3.05) is 5.73 Å². The van der Waals surface area contributed by atoms with Crippen molar-refractivity contribution in [3.8, 4) is 17.5 Å². The Balaban J connectivity index is 2.19. The highest BCUT2D eigenvalue weighted by Crippen LogP contribution is 2.28. The number of hydrogen-bond acceptors (Lipinski definition) is 3. The molecule has 0 aliphatic heterocycles. The molecule has 1 aromatic heterocycles. The lowest BCUT2D eigenvalue weighted by Crippen LogP contribution is -2.01. The molecular formula is C19H20N4. The van der Waals surface area contributed by atoms with Crippen molar-refractivity contribution in [1.29, 1.82) is 5.26 Å². The third-order valence-electron chi connectivity index (χ3n) is 4.18. The monoisotopic (exact) mass is 304 g/mol. The molecule has 1 heterocycles. The van der Waals surface area contributed by atoms with Gasteiger partial charge in [-0.2, -0.15) is 5.26 Å². The summed E-state index contributed by atoms with van der Waals surface area (Å²) in [5, 5.41) is 8.82. The lowest BCUT2D eigenvalue weighted by molar-refractivity contribution is 0.675. The summed E-state index contributed by atoms with van der Waals surface area (Å²) in [7, 11) is 0. The van der Waals surface area contributed by atoms with Crippen LogP contribution in [0.3, 0.4) is 0 Å². The smallest absolute Gasteiger partial charge is 0.141 e. The van der Waals surface area contributed by atoms with Gasteiger partial charge in [0, 0.05) is 24.2 Å². The summed E-state index contributed by atoms with van der Waals surface area (Å²) in [6, 6.07) is 14.3. The van der Waals surface area contributed by atoms with Crippen molar-refractivity contribution in [1.82, 2.24) is 9.55 Å². The second-order valence-electron chi connectivity index (χ2n) is 5.90. The van der Waals surface area contributed by atoms with Crippen molar-refractivity contribution >= 4 is 16.7 Å². The minimum absolute atomic E-state index is 0.543. The number of aromatic nitrogens is 2. The Kier molecular flexibility index (Phi) is 4.03. The molecule has 2 N–H and O–H groups in total. The van der Waals surface area contributed by atoms with Crippen LogP contribution in [0.5, 0.6) is 0 Å². The lowest BCUT2D eigenvalue weighted by Gasteiger charge is -2.09. The summed E-state index contributed by atoms with van der Waals surface area (Å²) in [5.41, 5.74) is 12.3. The fourth-order valence-corrected chi connectivity index (χ4v) is 2.82. The zero-order chi connectivity index (χ0) is 16.4. The summed E-state index contributed by atoms with van der Waals surface area (Å²) in [5.74, 6) is 0.912. The molecule has 2 aromatic carbocycles. The lowest BCUT2D eigenvalue weighted by atomic mass is 10.1. The Morgan fingerprint density at radius 2 is 1.96 bits per heavy atom. The molecule has 3 aromatic rings. The number of nitrogen functional groups attached to an aromatic ring is 1. The molecule has 0 aliphatic carbocycles. The van der Waals surface area contributed by atoms with Gasteiger partial charge in [0.25, 0.3) is 0 Å². The number of unbranched alkanes of at least 4 members (excludes halogenated alkanes) is 1.